The van der Waals surface area contributed by atoms with Gasteiger partial charge in [-0.2, -0.15) is 0 Å². The molecule has 0 saturated carbocycles. The number of carbonyl (C=O) groups excluding carboxylic acids is 1. The van der Waals surface area contributed by atoms with Gasteiger partial charge in [0.15, 0.2) is 5.16 Å². The number of nitrogens with one attached hydrogen (secondary N) is 2. The average Bonchev–Trinajstić information content (AvgIpc) is 2.89. The summed E-state index contributed by atoms with van der Waals surface area (Å²) in [5, 5.41) is 3.80. The number of terminal acetylenes is 1. The first-order chi connectivity index (χ1) is 10.7. The molecule has 1 aliphatic rings. The molecule has 5 nitrogen and oxygen atoms in total. The van der Waals surface area contributed by atoms with Gasteiger partial charge in [0.05, 0.1) is 17.7 Å². The summed E-state index contributed by atoms with van der Waals surface area (Å²) in [4.78, 5) is 33.2. The van der Waals surface area contributed by atoms with E-state index < -0.39 is 0 Å². The van der Waals surface area contributed by atoms with Crippen molar-refractivity contribution in [2.75, 3.05) is 12.3 Å². The number of hydrogen-bond acceptors (Lipinski definition) is 5. The normalized spacial score (nSPS) is 13.6. The molecule has 0 fully saturated rings. The molecular formula is C15H15N3O2S2. The Morgan fingerprint density at radius 3 is 3.09 bits per heavy atom. The molecule has 22 heavy (non-hydrogen) atoms. The summed E-state index contributed by atoms with van der Waals surface area (Å²) in [6.07, 6.45) is 9.38. The Bertz CT molecular complexity index is 817. The molecular weight excluding hydrogens is 318 g/mol. The number of H-pyrrole nitrogens is 1. The van der Waals surface area contributed by atoms with Crippen molar-refractivity contribution in [3.05, 3.63) is 20.8 Å². The lowest BCUT2D eigenvalue weighted by molar-refractivity contribution is -0.118. The number of carbonyl (C=O) groups is 1. The van der Waals surface area contributed by atoms with Crippen LogP contribution < -0.4 is 10.9 Å². The van der Waals surface area contributed by atoms with E-state index in [1.807, 2.05) is 0 Å². The van der Waals surface area contributed by atoms with Gasteiger partial charge in [0.2, 0.25) is 5.91 Å². The van der Waals surface area contributed by atoms with Gasteiger partial charge in [-0.25, -0.2) is 4.98 Å². The Kier molecular flexibility index (Phi) is 4.50. The third kappa shape index (κ3) is 3.03. The molecule has 0 aromatic carbocycles. The smallest absolute Gasteiger partial charge is 0.260 e. The number of aromatic nitrogens is 2. The van der Waals surface area contributed by atoms with Gasteiger partial charge in [0.25, 0.3) is 5.56 Å². The number of fused-ring (bicyclic) bond motifs is 3. The van der Waals surface area contributed by atoms with Gasteiger partial charge in [-0.05, 0) is 31.2 Å². The molecule has 0 spiro atoms. The molecule has 7 heteroatoms. The van der Waals surface area contributed by atoms with Crippen LogP contribution >= 0.6 is 23.1 Å². The fourth-order valence-electron chi connectivity index (χ4n) is 2.55. The summed E-state index contributed by atoms with van der Waals surface area (Å²) in [5.74, 6) is 2.36. The molecule has 2 aromatic heterocycles. The molecule has 0 saturated heterocycles. The van der Waals surface area contributed by atoms with E-state index in [0.29, 0.717) is 5.16 Å². The lowest BCUT2D eigenvalue weighted by atomic mass is 9.97. The quantitative estimate of drug-likeness (QED) is 0.507. The number of aryl methyl sites for hydroxylation is 2. The molecule has 1 amide bonds. The lowest BCUT2D eigenvalue weighted by Crippen LogP contribution is -2.25. The lowest BCUT2D eigenvalue weighted by Gasteiger charge is -2.09. The standard InChI is InChI=1S/C15H15N3O2S2/c1-2-7-16-11(19)8-21-15-17-13(20)12-9-5-3-4-6-10(9)22-14(12)18-15/h1H,3-8H2,(H,16,19)(H,17,18,20). The van der Waals surface area contributed by atoms with Crippen LogP contribution in [0.3, 0.4) is 0 Å². The van der Waals surface area contributed by atoms with Gasteiger partial charge in [-0.3, -0.25) is 9.59 Å². The minimum absolute atomic E-state index is 0.101. The summed E-state index contributed by atoms with van der Waals surface area (Å²) in [6.45, 7) is 0.208. The number of nitrogens with zero attached hydrogens (tertiary/aromatic N) is 1. The summed E-state index contributed by atoms with van der Waals surface area (Å²) in [5.41, 5.74) is 1.07. The molecule has 2 heterocycles. The Morgan fingerprint density at radius 2 is 2.27 bits per heavy atom. The zero-order valence-corrected chi connectivity index (χ0v) is 13.5. The Hall–Kier alpha value is -1.78. The van der Waals surface area contributed by atoms with E-state index in [0.717, 1.165) is 29.5 Å². The van der Waals surface area contributed by atoms with Crippen molar-refractivity contribution in [2.24, 2.45) is 0 Å². The molecule has 0 unspecified atom stereocenters. The molecule has 1 aliphatic carbocycles. The van der Waals surface area contributed by atoms with Gasteiger partial charge in [-0.1, -0.05) is 17.7 Å². The van der Waals surface area contributed by atoms with Gasteiger partial charge < -0.3 is 10.3 Å². The second-order valence-corrected chi connectivity index (χ2v) is 7.08. The largest absolute Gasteiger partial charge is 0.344 e. The van der Waals surface area contributed by atoms with Crippen molar-refractivity contribution >= 4 is 39.2 Å². The maximum absolute atomic E-state index is 12.3. The SMILES string of the molecule is C#CCNC(=O)CSc1nc2sc3c(c2c(=O)[nH]1)CCCC3. The topological polar surface area (TPSA) is 74.8 Å². The molecule has 3 rings (SSSR count). The van der Waals surface area contributed by atoms with Gasteiger partial charge in [0.1, 0.15) is 4.83 Å². The van der Waals surface area contributed by atoms with E-state index in [4.69, 9.17) is 6.42 Å². The monoisotopic (exact) mass is 333 g/mol. The molecule has 2 N–H and O–H groups in total. The number of rotatable bonds is 4. The second kappa shape index (κ2) is 6.55. The fraction of sp³-hybridized carbons (Fsp3) is 0.400. The van der Waals surface area contributed by atoms with Crippen LogP contribution in [0.25, 0.3) is 10.2 Å². The van der Waals surface area contributed by atoms with E-state index in [2.05, 4.69) is 21.2 Å². The van der Waals surface area contributed by atoms with Crippen molar-refractivity contribution in [2.45, 2.75) is 30.8 Å². The summed E-state index contributed by atoms with van der Waals surface area (Å²) < 4.78 is 0. The van der Waals surface area contributed by atoms with Crippen molar-refractivity contribution in [1.29, 1.82) is 0 Å². The Labute approximate surface area is 135 Å². The highest BCUT2D eigenvalue weighted by molar-refractivity contribution is 7.99. The van der Waals surface area contributed by atoms with Crippen LogP contribution in [0.2, 0.25) is 0 Å². The minimum atomic E-state index is -0.170. The molecule has 0 bridgehead atoms. The highest BCUT2D eigenvalue weighted by Crippen LogP contribution is 2.34. The third-order valence-corrected chi connectivity index (χ3v) is 5.59. The number of thiophene rings is 1. The van der Waals surface area contributed by atoms with E-state index in [1.54, 1.807) is 11.3 Å². The van der Waals surface area contributed by atoms with Crippen molar-refractivity contribution in [3.8, 4) is 12.3 Å². The molecule has 0 radical (unpaired) electrons. The van der Waals surface area contributed by atoms with E-state index in [1.165, 1.54) is 28.6 Å². The van der Waals surface area contributed by atoms with Crippen LogP contribution in [-0.2, 0) is 17.6 Å². The summed E-state index contributed by atoms with van der Waals surface area (Å²) >= 11 is 2.82. The number of amides is 1. The van der Waals surface area contributed by atoms with Crippen LogP contribution in [0.4, 0.5) is 0 Å². The number of hydrogen-bond donors (Lipinski definition) is 2. The maximum Gasteiger partial charge on any atom is 0.260 e. The van der Waals surface area contributed by atoms with Crippen LogP contribution in [0, 0.1) is 12.3 Å². The number of thioether (sulfide) groups is 1. The highest BCUT2D eigenvalue weighted by Gasteiger charge is 2.19. The minimum Gasteiger partial charge on any atom is -0.344 e. The Balaban J connectivity index is 1.82. The maximum atomic E-state index is 12.3. The van der Waals surface area contributed by atoms with Gasteiger partial charge >= 0.3 is 0 Å². The molecule has 0 aliphatic heterocycles. The van der Waals surface area contributed by atoms with Gasteiger partial charge in [-0.15, -0.1) is 17.8 Å². The first-order valence-corrected chi connectivity index (χ1v) is 8.87. The summed E-state index contributed by atoms with van der Waals surface area (Å²) in [7, 11) is 0. The van der Waals surface area contributed by atoms with Crippen molar-refractivity contribution in [1.82, 2.24) is 15.3 Å². The zero-order valence-electron chi connectivity index (χ0n) is 11.9. The van der Waals surface area contributed by atoms with Crippen LogP contribution in [0.5, 0.6) is 0 Å². The average molecular weight is 333 g/mol. The fourth-order valence-corrected chi connectivity index (χ4v) is 4.56. The Morgan fingerprint density at radius 1 is 1.45 bits per heavy atom. The second-order valence-electron chi connectivity index (χ2n) is 5.03. The predicted octanol–water partition coefficient (Wildman–Crippen LogP) is 1.70. The van der Waals surface area contributed by atoms with Gasteiger partial charge in [0, 0.05) is 4.88 Å². The highest BCUT2D eigenvalue weighted by atomic mass is 32.2. The first-order valence-electron chi connectivity index (χ1n) is 7.06. The molecule has 114 valence electrons. The third-order valence-electron chi connectivity index (χ3n) is 3.53. The van der Waals surface area contributed by atoms with Crippen LogP contribution in [0.1, 0.15) is 23.3 Å². The van der Waals surface area contributed by atoms with E-state index >= 15 is 0 Å². The van der Waals surface area contributed by atoms with Crippen molar-refractivity contribution in [3.63, 3.8) is 0 Å². The zero-order chi connectivity index (χ0) is 15.5. The molecule has 0 atom stereocenters. The van der Waals surface area contributed by atoms with Crippen LogP contribution in [-0.4, -0.2) is 28.2 Å². The van der Waals surface area contributed by atoms with E-state index in [9.17, 15) is 9.59 Å². The predicted molar refractivity (Wildman–Crippen MR) is 89.4 cm³/mol. The van der Waals surface area contributed by atoms with Crippen LogP contribution in [0.15, 0.2) is 9.95 Å². The molecule has 2 aromatic rings. The summed E-state index contributed by atoms with van der Waals surface area (Å²) in [6, 6.07) is 0. The van der Waals surface area contributed by atoms with Crippen molar-refractivity contribution < 1.29 is 4.79 Å². The number of aromatic amines is 1. The first kappa shape index (κ1) is 15.1. The van der Waals surface area contributed by atoms with E-state index in [-0.39, 0.29) is 23.8 Å².